The summed E-state index contributed by atoms with van der Waals surface area (Å²) in [5.74, 6) is 0. The lowest BCUT2D eigenvalue weighted by atomic mass is 10.2. The molecular formula is C11H22O7. The second-order valence-corrected chi connectivity index (χ2v) is 3.83. The van der Waals surface area contributed by atoms with E-state index in [0.29, 0.717) is 25.7 Å². The largest absolute Gasteiger partial charge is 0.512 e. The molecule has 0 spiro atoms. The van der Waals surface area contributed by atoms with Crippen LogP contribution in [0.15, 0.2) is 0 Å². The van der Waals surface area contributed by atoms with E-state index in [9.17, 15) is 15.0 Å². The highest BCUT2D eigenvalue weighted by Gasteiger charge is 2.16. The molecule has 0 aromatic carbocycles. The highest BCUT2D eigenvalue weighted by molar-refractivity contribution is 5.60. The molecule has 7 heteroatoms. The predicted molar refractivity (Wildman–Crippen MR) is 61.5 cm³/mol. The summed E-state index contributed by atoms with van der Waals surface area (Å²) in [4.78, 5) is 11.1. The van der Waals surface area contributed by atoms with Crippen molar-refractivity contribution in [1.29, 1.82) is 0 Å². The molecule has 7 nitrogen and oxygen atoms in total. The number of unbranched alkanes of at least 4 members (excludes halogenated alkanes) is 2. The minimum absolute atomic E-state index is 0.0146. The highest BCUT2D eigenvalue weighted by atomic mass is 16.8. The Kier molecular flexibility index (Phi) is 10.7. The summed E-state index contributed by atoms with van der Waals surface area (Å²) in [7, 11) is 0. The van der Waals surface area contributed by atoms with Gasteiger partial charge in [0.1, 0.15) is 0 Å². The molecule has 0 heterocycles. The molecule has 0 aromatic heterocycles. The molecule has 0 amide bonds. The highest BCUT2D eigenvalue weighted by Crippen LogP contribution is 2.07. The Morgan fingerprint density at radius 3 is 1.56 bits per heavy atom. The Morgan fingerprint density at radius 2 is 1.22 bits per heavy atom. The van der Waals surface area contributed by atoms with Crippen molar-refractivity contribution in [2.24, 2.45) is 0 Å². The number of carbonyl (C=O) groups is 1. The SMILES string of the molecule is O=C(OC(O)CCCCO)OC(O)CCCCO. The standard InChI is InChI=1S/C11H22O7/c12-7-3-1-5-9(14)17-11(16)18-10(15)6-2-4-8-13/h9-10,12-15H,1-8H2. The summed E-state index contributed by atoms with van der Waals surface area (Å²) in [5.41, 5.74) is 0. The monoisotopic (exact) mass is 266 g/mol. The van der Waals surface area contributed by atoms with E-state index in [4.69, 9.17) is 10.2 Å². The topological polar surface area (TPSA) is 116 Å². The molecule has 0 aliphatic heterocycles. The van der Waals surface area contributed by atoms with Crippen molar-refractivity contribution in [2.45, 2.75) is 51.1 Å². The molecule has 0 aromatic rings. The van der Waals surface area contributed by atoms with Gasteiger partial charge in [-0.15, -0.1) is 0 Å². The van der Waals surface area contributed by atoms with E-state index in [0.717, 1.165) is 0 Å². The van der Waals surface area contributed by atoms with Gasteiger partial charge >= 0.3 is 6.16 Å². The van der Waals surface area contributed by atoms with Gasteiger partial charge in [-0.05, 0) is 25.7 Å². The molecule has 0 fully saturated rings. The van der Waals surface area contributed by atoms with Crippen LogP contribution < -0.4 is 0 Å². The van der Waals surface area contributed by atoms with Gasteiger partial charge in [-0.2, -0.15) is 0 Å². The number of ether oxygens (including phenoxy) is 2. The average molecular weight is 266 g/mol. The van der Waals surface area contributed by atoms with E-state index in [-0.39, 0.29) is 26.1 Å². The van der Waals surface area contributed by atoms with E-state index in [1.54, 1.807) is 0 Å². The van der Waals surface area contributed by atoms with E-state index < -0.39 is 18.7 Å². The summed E-state index contributed by atoms with van der Waals surface area (Å²) in [5, 5.41) is 35.5. The van der Waals surface area contributed by atoms with Crippen molar-refractivity contribution in [3.8, 4) is 0 Å². The molecule has 108 valence electrons. The van der Waals surface area contributed by atoms with Gasteiger partial charge in [-0.25, -0.2) is 4.79 Å². The van der Waals surface area contributed by atoms with Crippen LogP contribution in [0.1, 0.15) is 38.5 Å². The van der Waals surface area contributed by atoms with Crippen molar-refractivity contribution in [1.82, 2.24) is 0 Å². The molecule has 2 unspecified atom stereocenters. The first-order valence-corrected chi connectivity index (χ1v) is 6.05. The van der Waals surface area contributed by atoms with E-state index in [1.165, 1.54) is 0 Å². The number of hydrogen-bond acceptors (Lipinski definition) is 7. The first-order valence-electron chi connectivity index (χ1n) is 6.05. The average Bonchev–Trinajstić information content (AvgIpc) is 2.29. The fourth-order valence-corrected chi connectivity index (χ4v) is 1.23. The van der Waals surface area contributed by atoms with E-state index in [2.05, 4.69) is 9.47 Å². The number of rotatable bonds is 10. The number of aliphatic hydroxyl groups is 4. The zero-order valence-corrected chi connectivity index (χ0v) is 10.3. The molecule has 0 aliphatic rings. The maximum Gasteiger partial charge on any atom is 0.512 e. The van der Waals surface area contributed by atoms with Gasteiger partial charge in [0.05, 0.1) is 0 Å². The van der Waals surface area contributed by atoms with Crippen molar-refractivity contribution in [3.05, 3.63) is 0 Å². The van der Waals surface area contributed by atoms with Crippen LogP contribution in [0.25, 0.3) is 0 Å². The zero-order valence-electron chi connectivity index (χ0n) is 10.3. The smallest absolute Gasteiger partial charge is 0.405 e. The van der Waals surface area contributed by atoms with E-state index >= 15 is 0 Å². The van der Waals surface area contributed by atoms with Crippen molar-refractivity contribution >= 4 is 6.16 Å². The molecule has 0 aliphatic carbocycles. The molecule has 2 atom stereocenters. The van der Waals surface area contributed by atoms with Crippen LogP contribution in [0.3, 0.4) is 0 Å². The molecule has 0 saturated heterocycles. The van der Waals surface area contributed by atoms with Crippen LogP contribution in [-0.2, 0) is 9.47 Å². The predicted octanol–water partition coefficient (Wildman–Crippen LogP) is 0.102. The molecular weight excluding hydrogens is 244 g/mol. The maximum atomic E-state index is 11.1. The second-order valence-electron chi connectivity index (χ2n) is 3.83. The van der Waals surface area contributed by atoms with Gasteiger partial charge in [-0.3, -0.25) is 0 Å². The quantitative estimate of drug-likeness (QED) is 0.252. The van der Waals surface area contributed by atoms with Crippen molar-refractivity contribution in [3.63, 3.8) is 0 Å². The third kappa shape index (κ3) is 10.3. The lowest BCUT2D eigenvalue weighted by Gasteiger charge is -2.14. The normalized spacial score (nSPS) is 14.0. The molecule has 18 heavy (non-hydrogen) atoms. The number of aliphatic hydroxyl groups excluding tert-OH is 4. The molecule has 0 saturated carbocycles. The second kappa shape index (κ2) is 11.2. The lowest BCUT2D eigenvalue weighted by Crippen LogP contribution is -2.23. The summed E-state index contributed by atoms with van der Waals surface area (Å²) in [6.07, 6.45) is -1.26. The lowest BCUT2D eigenvalue weighted by molar-refractivity contribution is -0.129. The first-order chi connectivity index (χ1) is 8.60. The summed E-state index contributed by atoms with van der Waals surface area (Å²) in [6, 6.07) is 0. The Balaban J connectivity index is 3.61. The van der Waals surface area contributed by atoms with Gasteiger partial charge < -0.3 is 29.9 Å². The van der Waals surface area contributed by atoms with Crippen LogP contribution in [0, 0.1) is 0 Å². The first kappa shape index (κ1) is 17.1. The van der Waals surface area contributed by atoms with Crippen molar-refractivity contribution < 1.29 is 34.7 Å². The Hall–Kier alpha value is -0.890. The summed E-state index contributed by atoms with van der Waals surface area (Å²) < 4.78 is 8.95. The maximum absolute atomic E-state index is 11.1. The fraction of sp³-hybridized carbons (Fsp3) is 0.909. The van der Waals surface area contributed by atoms with Crippen LogP contribution >= 0.6 is 0 Å². The molecule has 0 bridgehead atoms. The van der Waals surface area contributed by atoms with E-state index in [1.807, 2.05) is 0 Å². The third-order valence-electron chi connectivity index (χ3n) is 2.18. The minimum atomic E-state index is -1.30. The van der Waals surface area contributed by atoms with Crippen LogP contribution in [0.2, 0.25) is 0 Å². The Morgan fingerprint density at radius 1 is 0.833 bits per heavy atom. The Bertz CT molecular complexity index is 190. The van der Waals surface area contributed by atoms with Gasteiger partial charge in [0.25, 0.3) is 0 Å². The van der Waals surface area contributed by atoms with Gasteiger partial charge in [-0.1, -0.05) is 0 Å². The molecule has 4 N–H and O–H groups in total. The van der Waals surface area contributed by atoms with Gasteiger partial charge in [0.2, 0.25) is 12.6 Å². The van der Waals surface area contributed by atoms with Gasteiger partial charge in [0.15, 0.2) is 0 Å². The van der Waals surface area contributed by atoms with Gasteiger partial charge in [0, 0.05) is 26.1 Å². The summed E-state index contributed by atoms with van der Waals surface area (Å²) in [6.45, 7) is 0.0292. The van der Waals surface area contributed by atoms with Crippen LogP contribution in [-0.4, -0.2) is 52.4 Å². The fourth-order valence-electron chi connectivity index (χ4n) is 1.23. The number of carbonyl (C=O) groups excluding carboxylic acids is 1. The Labute approximate surface area is 106 Å². The zero-order chi connectivity index (χ0) is 13.8. The van der Waals surface area contributed by atoms with Crippen molar-refractivity contribution in [2.75, 3.05) is 13.2 Å². The minimum Gasteiger partial charge on any atom is -0.405 e. The molecule has 0 radical (unpaired) electrons. The summed E-state index contributed by atoms with van der Waals surface area (Å²) >= 11 is 0. The van der Waals surface area contributed by atoms with Crippen LogP contribution in [0.4, 0.5) is 4.79 Å². The molecule has 0 rings (SSSR count). The third-order valence-corrected chi connectivity index (χ3v) is 2.18. The van der Waals surface area contributed by atoms with Crippen LogP contribution in [0.5, 0.6) is 0 Å². The number of hydrogen-bond donors (Lipinski definition) is 4.